The first kappa shape index (κ1) is 7.22. The molecule has 1 N–H and O–H groups in total. The molecule has 2 heterocycles. The van der Waals surface area contributed by atoms with Gasteiger partial charge in [0.25, 0.3) is 0 Å². The minimum atomic E-state index is 0.738. The maximum Gasteiger partial charge on any atom is 0.145 e. The first-order chi connectivity index (χ1) is 5.79. The molecule has 0 aliphatic rings. The molecular weight excluding hydrogens is 149 g/mol. The molecule has 0 saturated carbocycles. The van der Waals surface area contributed by atoms with E-state index in [0.29, 0.717) is 0 Å². The molecule has 0 saturated heterocycles. The van der Waals surface area contributed by atoms with Crippen molar-refractivity contribution >= 4 is 24.8 Å². The molecule has 0 unspecified atom stereocenters. The molecular formula is C8H8BN3. The number of hydrogen-bond acceptors (Lipinski definition) is 2. The summed E-state index contributed by atoms with van der Waals surface area (Å²) in [5.74, 6) is 0.848. The van der Waals surface area contributed by atoms with E-state index >= 15 is 0 Å². The molecule has 2 aromatic heterocycles. The Bertz CT molecular complexity index is 408. The summed E-state index contributed by atoms with van der Waals surface area (Å²) < 4.78 is 1.89. The van der Waals surface area contributed by atoms with Gasteiger partial charge in [-0.3, -0.25) is 0 Å². The number of rotatable bonds is 1. The van der Waals surface area contributed by atoms with Gasteiger partial charge in [0.2, 0.25) is 0 Å². The highest BCUT2D eigenvalue weighted by atomic mass is 15.1. The highest BCUT2D eigenvalue weighted by molar-refractivity contribution is 6.32. The van der Waals surface area contributed by atoms with Gasteiger partial charge in [-0.05, 0) is 6.07 Å². The van der Waals surface area contributed by atoms with Crippen LogP contribution in [0.15, 0.2) is 24.5 Å². The maximum atomic E-state index is 5.61. The van der Waals surface area contributed by atoms with Crippen molar-refractivity contribution in [2.24, 2.45) is 0 Å². The SMILES string of the molecule is [B]c1ccc2nc(NC)cn2c1. The van der Waals surface area contributed by atoms with Crippen LogP contribution in [0.4, 0.5) is 5.82 Å². The van der Waals surface area contributed by atoms with Gasteiger partial charge in [0.1, 0.15) is 19.3 Å². The molecule has 0 amide bonds. The van der Waals surface area contributed by atoms with E-state index in [-0.39, 0.29) is 0 Å². The predicted octanol–water partition coefficient (Wildman–Crippen LogP) is 0.170. The van der Waals surface area contributed by atoms with Gasteiger partial charge in [-0.1, -0.05) is 11.5 Å². The number of anilines is 1. The molecule has 3 nitrogen and oxygen atoms in total. The molecule has 12 heavy (non-hydrogen) atoms. The van der Waals surface area contributed by atoms with Crippen molar-refractivity contribution < 1.29 is 0 Å². The number of nitrogens with zero attached hydrogens (tertiary/aromatic N) is 2. The molecule has 2 aromatic rings. The minimum Gasteiger partial charge on any atom is -0.372 e. The van der Waals surface area contributed by atoms with Crippen LogP contribution in [0.2, 0.25) is 0 Å². The van der Waals surface area contributed by atoms with Crippen molar-refractivity contribution in [2.45, 2.75) is 0 Å². The Morgan fingerprint density at radius 3 is 3.00 bits per heavy atom. The monoisotopic (exact) mass is 157 g/mol. The van der Waals surface area contributed by atoms with Crippen LogP contribution in [0.1, 0.15) is 0 Å². The van der Waals surface area contributed by atoms with Crippen molar-refractivity contribution in [3.05, 3.63) is 24.5 Å². The van der Waals surface area contributed by atoms with E-state index in [9.17, 15) is 0 Å². The number of aromatic nitrogens is 2. The zero-order valence-electron chi connectivity index (χ0n) is 6.78. The van der Waals surface area contributed by atoms with E-state index in [1.54, 1.807) is 0 Å². The van der Waals surface area contributed by atoms with Crippen molar-refractivity contribution in [1.82, 2.24) is 9.38 Å². The number of fused-ring (bicyclic) bond motifs is 1. The van der Waals surface area contributed by atoms with Crippen molar-refractivity contribution in [3.8, 4) is 0 Å². The molecule has 0 atom stereocenters. The summed E-state index contributed by atoms with van der Waals surface area (Å²) in [7, 11) is 7.44. The summed E-state index contributed by atoms with van der Waals surface area (Å²) in [4.78, 5) is 4.27. The molecule has 0 bridgehead atoms. The lowest BCUT2D eigenvalue weighted by Crippen LogP contribution is -2.03. The van der Waals surface area contributed by atoms with Gasteiger partial charge < -0.3 is 9.72 Å². The van der Waals surface area contributed by atoms with Crippen molar-refractivity contribution in [2.75, 3.05) is 12.4 Å². The predicted molar refractivity (Wildman–Crippen MR) is 50.1 cm³/mol. The van der Waals surface area contributed by atoms with Crippen LogP contribution in [-0.4, -0.2) is 24.3 Å². The Morgan fingerprint density at radius 1 is 1.42 bits per heavy atom. The fourth-order valence-electron chi connectivity index (χ4n) is 1.13. The van der Waals surface area contributed by atoms with E-state index in [1.807, 2.05) is 36.0 Å². The fourth-order valence-corrected chi connectivity index (χ4v) is 1.13. The molecule has 0 aliphatic carbocycles. The minimum absolute atomic E-state index is 0.738. The zero-order valence-corrected chi connectivity index (χ0v) is 6.78. The third-order valence-electron chi connectivity index (χ3n) is 1.73. The van der Waals surface area contributed by atoms with Crippen LogP contribution >= 0.6 is 0 Å². The lowest BCUT2D eigenvalue weighted by molar-refractivity contribution is 1.20. The second kappa shape index (κ2) is 2.55. The molecule has 0 spiro atoms. The zero-order chi connectivity index (χ0) is 8.55. The Hall–Kier alpha value is -1.45. The summed E-state index contributed by atoms with van der Waals surface area (Å²) in [5, 5.41) is 2.96. The van der Waals surface area contributed by atoms with E-state index in [2.05, 4.69) is 10.3 Å². The van der Waals surface area contributed by atoms with Crippen molar-refractivity contribution in [1.29, 1.82) is 0 Å². The molecule has 2 radical (unpaired) electrons. The van der Waals surface area contributed by atoms with Gasteiger partial charge in [-0.25, -0.2) is 4.98 Å². The second-order valence-corrected chi connectivity index (χ2v) is 2.60. The van der Waals surface area contributed by atoms with Gasteiger partial charge in [0.15, 0.2) is 0 Å². The van der Waals surface area contributed by atoms with E-state index in [4.69, 9.17) is 7.85 Å². The average molecular weight is 157 g/mol. The summed E-state index contributed by atoms with van der Waals surface area (Å²) in [6.45, 7) is 0. The number of hydrogen-bond donors (Lipinski definition) is 1. The van der Waals surface area contributed by atoms with Crippen molar-refractivity contribution in [3.63, 3.8) is 0 Å². The van der Waals surface area contributed by atoms with E-state index in [0.717, 1.165) is 16.9 Å². The molecule has 4 heteroatoms. The molecule has 0 fully saturated rings. The lowest BCUT2D eigenvalue weighted by atomic mass is 9.99. The van der Waals surface area contributed by atoms with Gasteiger partial charge in [-0.2, -0.15) is 0 Å². The normalized spacial score (nSPS) is 10.4. The van der Waals surface area contributed by atoms with Gasteiger partial charge in [-0.15, -0.1) is 0 Å². The smallest absolute Gasteiger partial charge is 0.145 e. The van der Waals surface area contributed by atoms with Gasteiger partial charge in [0, 0.05) is 13.2 Å². The van der Waals surface area contributed by atoms with Gasteiger partial charge >= 0.3 is 0 Å². The van der Waals surface area contributed by atoms with Crippen LogP contribution in [0, 0.1) is 0 Å². The Labute approximate surface area is 71.8 Å². The van der Waals surface area contributed by atoms with E-state index < -0.39 is 0 Å². The maximum absolute atomic E-state index is 5.61. The Morgan fingerprint density at radius 2 is 2.25 bits per heavy atom. The molecule has 0 aromatic carbocycles. The van der Waals surface area contributed by atoms with Crippen LogP contribution in [0.25, 0.3) is 5.65 Å². The average Bonchev–Trinajstić information content (AvgIpc) is 2.46. The molecule has 58 valence electrons. The van der Waals surface area contributed by atoms with Crippen LogP contribution in [0.5, 0.6) is 0 Å². The summed E-state index contributed by atoms with van der Waals surface area (Å²) in [5.41, 5.74) is 1.64. The van der Waals surface area contributed by atoms with Gasteiger partial charge in [0.05, 0.1) is 6.20 Å². The number of nitrogens with one attached hydrogen (secondary N) is 1. The largest absolute Gasteiger partial charge is 0.372 e. The van der Waals surface area contributed by atoms with E-state index in [1.165, 1.54) is 0 Å². The Kier molecular flexibility index (Phi) is 1.53. The van der Waals surface area contributed by atoms with Crippen LogP contribution in [0.3, 0.4) is 0 Å². The molecule has 0 aliphatic heterocycles. The highest BCUT2D eigenvalue weighted by Crippen LogP contribution is 2.06. The fraction of sp³-hybridized carbons (Fsp3) is 0.125. The summed E-state index contributed by atoms with van der Waals surface area (Å²) >= 11 is 0. The quantitative estimate of drug-likeness (QED) is 0.597. The third-order valence-corrected chi connectivity index (χ3v) is 1.73. The second-order valence-electron chi connectivity index (χ2n) is 2.60. The number of pyridine rings is 1. The summed E-state index contributed by atoms with van der Waals surface area (Å²) in [6.07, 6.45) is 3.73. The first-order valence-electron chi connectivity index (χ1n) is 3.71. The highest BCUT2D eigenvalue weighted by Gasteiger charge is 1.97. The Balaban J connectivity index is 2.67. The third kappa shape index (κ3) is 1.05. The standard InChI is InChI=1S/C8H8BN3/c1-10-7-5-12-4-6(9)2-3-8(12)11-7/h2-5,10H,1H3. The first-order valence-corrected chi connectivity index (χ1v) is 3.71. The van der Waals surface area contributed by atoms with Crippen LogP contribution in [-0.2, 0) is 0 Å². The molecule has 2 rings (SSSR count). The lowest BCUT2D eigenvalue weighted by Gasteiger charge is -1.93. The number of imidazole rings is 1. The summed E-state index contributed by atoms with van der Waals surface area (Å²) in [6, 6.07) is 3.72. The van der Waals surface area contributed by atoms with Crippen LogP contribution < -0.4 is 10.8 Å². The topological polar surface area (TPSA) is 29.3 Å².